The number of carboxylic acid groups (broad SMARTS) is 2. The first-order valence-electron chi connectivity index (χ1n) is 5.78. The van der Waals surface area contributed by atoms with Crippen molar-refractivity contribution >= 4 is 28.8 Å². The summed E-state index contributed by atoms with van der Waals surface area (Å²) in [6, 6.07) is 14.6. The summed E-state index contributed by atoms with van der Waals surface area (Å²) in [5.41, 5.74) is 1.20. The van der Waals surface area contributed by atoms with E-state index in [1.807, 2.05) is 6.08 Å². The smallest absolute Gasteiger partial charge is 0.328 e. The van der Waals surface area contributed by atoms with Crippen LogP contribution in [-0.4, -0.2) is 22.2 Å². The van der Waals surface area contributed by atoms with Crippen molar-refractivity contribution < 1.29 is 19.8 Å². The molecular weight excluding hydrogens is 256 g/mol. The van der Waals surface area contributed by atoms with Crippen molar-refractivity contribution in [1.82, 2.24) is 0 Å². The molecule has 20 heavy (non-hydrogen) atoms. The number of hydrogen-bond acceptors (Lipinski definition) is 2. The number of benzene rings is 2. The summed E-state index contributed by atoms with van der Waals surface area (Å²) >= 11 is 0. The second-order valence-corrected chi connectivity index (χ2v) is 3.78. The minimum Gasteiger partial charge on any atom is -0.478 e. The Morgan fingerprint density at radius 3 is 2.00 bits per heavy atom. The monoisotopic (exact) mass is 270 g/mol. The van der Waals surface area contributed by atoms with Gasteiger partial charge in [-0.25, -0.2) is 9.59 Å². The highest BCUT2D eigenvalue weighted by Gasteiger charge is 1.93. The quantitative estimate of drug-likeness (QED) is 0.840. The zero-order valence-corrected chi connectivity index (χ0v) is 10.7. The van der Waals surface area contributed by atoms with Gasteiger partial charge in [-0.05, 0) is 16.3 Å². The molecule has 0 aromatic heterocycles. The van der Waals surface area contributed by atoms with E-state index in [0.29, 0.717) is 12.2 Å². The van der Waals surface area contributed by atoms with E-state index in [1.54, 1.807) is 0 Å². The van der Waals surface area contributed by atoms with Gasteiger partial charge in [0.1, 0.15) is 0 Å². The van der Waals surface area contributed by atoms with Gasteiger partial charge in [0, 0.05) is 12.2 Å². The molecule has 0 saturated carbocycles. The topological polar surface area (TPSA) is 74.6 Å². The molecule has 2 aromatic carbocycles. The van der Waals surface area contributed by atoms with Gasteiger partial charge in [-0.1, -0.05) is 55.1 Å². The fraction of sp³-hybridized carbons (Fsp3) is 0. The van der Waals surface area contributed by atoms with Gasteiger partial charge in [0.2, 0.25) is 0 Å². The average molecular weight is 270 g/mol. The van der Waals surface area contributed by atoms with Crippen LogP contribution in [0.15, 0.2) is 61.2 Å². The van der Waals surface area contributed by atoms with Crippen molar-refractivity contribution in [2.45, 2.75) is 0 Å². The Hall–Kier alpha value is -2.88. The molecule has 0 aliphatic carbocycles. The van der Waals surface area contributed by atoms with Crippen molar-refractivity contribution in [2.24, 2.45) is 0 Å². The molecule has 2 rings (SSSR count). The maximum absolute atomic E-state index is 9.55. The highest BCUT2D eigenvalue weighted by atomic mass is 16.4. The van der Waals surface area contributed by atoms with E-state index in [-0.39, 0.29) is 0 Å². The molecule has 102 valence electrons. The second-order valence-electron chi connectivity index (χ2n) is 3.78. The zero-order chi connectivity index (χ0) is 15.0. The Labute approximate surface area is 116 Å². The van der Waals surface area contributed by atoms with Crippen molar-refractivity contribution in [3.05, 3.63) is 66.8 Å². The first-order chi connectivity index (χ1) is 9.54. The average Bonchev–Trinajstić information content (AvgIpc) is 2.45. The number of aliphatic carboxylic acids is 2. The number of rotatable bonds is 3. The molecule has 0 aliphatic heterocycles. The summed E-state index contributed by atoms with van der Waals surface area (Å²) < 4.78 is 0. The second kappa shape index (κ2) is 7.53. The van der Waals surface area contributed by atoms with Crippen molar-refractivity contribution in [3.63, 3.8) is 0 Å². The van der Waals surface area contributed by atoms with E-state index in [2.05, 4.69) is 49.0 Å². The molecule has 2 N–H and O–H groups in total. The van der Waals surface area contributed by atoms with Crippen LogP contribution < -0.4 is 0 Å². The van der Waals surface area contributed by atoms with Crippen LogP contribution in [0, 0.1) is 0 Å². The molecule has 0 spiro atoms. The highest BCUT2D eigenvalue weighted by Crippen LogP contribution is 2.18. The molecule has 4 nitrogen and oxygen atoms in total. The third kappa shape index (κ3) is 4.78. The van der Waals surface area contributed by atoms with Gasteiger partial charge in [0.25, 0.3) is 0 Å². The molecular formula is C16H14O4. The van der Waals surface area contributed by atoms with E-state index in [1.165, 1.54) is 16.3 Å². The summed E-state index contributed by atoms with van der Waals surface area (Å²) in [7, 11) is 0. The van der Waals surface area contributed by atoms with E-state index in [4.69, 9.17) is 10.2 Å². The van der Waals surface area contributed by atoms with Crippen LogP contribution in [0.3, 0.4) is 0 Å². The number of carboxylic acids is 2. The molecule has 2 aromatic rings. The van der Waals surface area contributed by atoms with E-state index in [9.17, 15) is 9.59 Å². The molecule has 0 atom stereocenters. The van der Waals surface area contributed by atoms with Crippen LogP contribution in [-0.2, 0) is 9.59 Å². The van der Waals surface area contributed by atoms with Crippen LogP contribution in [0.1, 0.15) is 5.56 Å². The number of hydrogen-bond donors (Lipinski definition) is 2. The molecule has 0 radical (unpaired) electrons. The van der Waals surface area contributed by atoms with Crippen molar-refractivity contribution in [1.29, 1.82) is 0 Å². The van der Waals surface area contributed by atoms with Gasteiger partial charge in [-0.3, -0.25) is 0 Å². The van der Waals surface area contributed by atoms with Crippen LogP contribution in [0.25, 0.3) is 16.8 Å². The Kier molecular flexibility index (Phi) is 5.72. The molecule has 0 unspecified atom stereocenters. The van der Waals surface area contributed by atoms with Crippen molar-refractivity contribution in [2.75, 3.05) is 0 Å². The Bertz CT molecular complexity index is 635. The fourth-order valence-corrected chi connectivity index (χ4v) is 1.57. The molecule has 0 aliphatic rings. The molecule has 0 amide bonds. The lowest BCUT2D eigenvalue weighted by Crippen LogP contribution is -1.91. The molecule has 0 fully saturated rings. The number of carbonyl (C=O) groups is 2. The summed E-state index contributed by atoms with van der Waals surface area (Å²) in [4.78, 5) is 19.1. The van der Waals surface area contributed by atoms with Gasteiger partial charge in [0.15, 0.2) is 0 Å². The fourth-order valence-electron chi connectivity index (χ4n) is 1.57. The van der Waals surface area contributed by atoms with Gasteiger partial charge in [0.05, 0.1) is 0 Å². The SMILES string of the molecule is C=Cc1cccc2ccccc12.O=C(O)C=CC(=O)O. The lowest BCUT2D eigenvalue weighted by molar-refractivity contribution is -0.134. The van der Waals surface area contributed by atoms with E-state index >= 15 is 0 Å². The van der Waals surface area contributed by atoms with Gasteiger partial charge < -0.3 is 10.2 Å². The molecule has 0 heterocycles. The van der Waals surface area contributed by atoms with Crippen LogP contribution >= 0.6 is 0 Å². The summed E-state index contributed by atoms with van der Waals surface area (Å²) in [5.74, 6) is -2.51. The standard InChI is InChI=1S/C12H10.C4H4O4/c1-2-10-7-5-8-11-6-3-4-9-12(10)11;5-3(6)1-2-4(7)8/h2-9H,1H2;1-2H,(H,5,6)(H,7,8). The van der Waals surface area contributed by atoms with Gasteiger partial charge >= 0.3 is 11.9 Å². The van der Waals surface area contributed by atoms with Crippen LogP contribution in [0.5, 0.6) is 0 Å². The minimum absolute atomic E-state index is 0.558. The zero-order valence-electron chi connectivity index (χ0n) is 10.7. The third-order valence-electron chi connectivity index (χ3n) is 2.41. The summed E-state index contributed by atoms with van der Waals surface area (Å²) in [5, 5.41) is 18.2. The van der Waals surface area contributed by atoms with Crippen LogP contribution in [0.4, 0.5) is 0 Å². The van der Waals surface area contributed by atoms with Gasteiger partial charge in [-0.15, -0.1) is 0 Å². The summed E-state index contributed by atoms with van der Waals surface area (Å²) in [6.07, 6.45) is 3.01. The Balaban J connectivity index is 0.000000221. The van der Waals surface area contributed by atoms with E-state index < -0.39 is 11.9 Å². The molecule has 0 bridgehead atoms. The molecule has 4 heteroatoms. The normalized spacial score (nSPS) is 9.80. The maximum Gasteiger partial charge on any atom is 0.328 e. The Morgan fingerprint density at radius 2 is 1.45 bits per heavy atom. The lowest BCUT2D eigenvalue weighted by Gasteiger charge is -1.99. The lowest BCUT2D eigenvalue weighted by atomic mass is 10.1. The first kappa shape index (κ1) is 15.2. The maximum atomic E-state index is 9.55. The third-order valence-corrected chi connectivity index (χ3v) is 2.41. The first-order valence-corrected chi connectivity index (χ1v) is 5.78. The predicted octanol–water partition coefficient (Wildman–Crippen LogP) is 3.19. The summed E-state index contributed by atoms with van der Waals surface area (Å²) in [6.45, 7) is 3.78. The van der Waals surface area contributed by atoms with E-state index in [0.717, 1.165) is 0 Å². The highest BCUT2D eigenvalue weighted by molar-refractivity contribution is 5.90. The molecule has 0 saturated heterocycles. The number of fused-ring (bicyclic) bond motifs is 1. The predicted molar refractivity (Wildman–Crippen MR) is 78.5 cm³/mol. The van der Waals surface area contributed by atoms with Crippen molar-refractivity contribution in [3.8, 4) is 0 Å². The largest absolute Gasteiger partial charge is 0.478 e. The minimum atomic E-state index is -1.26. The Morgan fingerprint density at radius 1 is 0.900 bits per heavy atom. The van der Waals surface area contributed by atoms with Gasteiger partial charge in [-0.2, -0.15) is 0 Å². The van der Waals surface area contributed by atoms with Crippen LogP contribution in [0.2, 0.25) is 0 Å².